The molecule has 5 nitrogen and oxygen atoms in total. The maximum absolute atomic E-state index is 12.6. The monoisotopic (exact) mass is 425 g/mol. The minimum atomic E-state index is 0.0481. The van der Waals surface area contributed by atoms with Gasteiger partial charge in [0, 0.05) is 30.1 Å². The Morgan fingerprint density at radius 2 is 1.93 bits per heavy atom. The summed E-state index contributed by atoms with van der Waals surface area (Å²) < 4.78 is 0. The molecule has 2 aliphatic heterocycles. The van der Waals surface area contributed by atoms with Crippen LogP contribution in [0.15, 0.2) is 41.8 Å². The van der Waals surface area contributed by atoms with Gasteiger partial charge in [0.1, 0.15) is 0 Å². The average molecular weight is 426 g/mol. The van der Waals surface area contributed by atoms with Gasteiger partial charge in [0.05, 0.1) is 12.5 Å². The van der Waals surface area contributed by atoms with E-state index in [1.54, 1.807) is 11.3 Å². The van der Waals surface area contributed by atoms with Crippen LogP contribution in [0, 0.1) is 5.92 Å². The van der Waals surface area contributed by atoms with Crippen molar-refractivity contribution in [3.8, 4) is 0 Å². The Bertz CT molecular complexity index is 842. The number of hydrogen-bond donors (Lipinski definition) is 1. The van der Waals surface area contributed by atoms with Gasteiger partial charge in [-0.1, -0.05) is 25.1 Å². The van der Waals surface area contributed by atoms with Crippen molar-refractivity contribution in [3.63, 3.8) is 0 Å². The van der Waals surface area contributed by atoms with E-state index in [2.05, 4.69) is 34.7 Å². The number of piperidine rings is 1. The lowest BCUT2D eigenvalue weighted by Crippen LogP contribution is -2.41. The standard InChI is InChI=1S/C24H31N3O2S/c1-18-10-13-26(14-11-18)21(22-4-3-15-30-22)17-25-23(28)16-19-6-8-20(9-7-19)27-12-2-5-24(27)29/h3-4,6-9,15,18,21H,2,5,10-14,16-17H2,1H3,(H,25,28)/t21-/m0/s1. The summed E-state index contributed by atoms with van der Waals surface area (Å²) in [4.78, 5) is 30.2. The fourth-order valence-electron chi connectivity index (χ4n) is 4.40. The van der Waals surface area contributed by atoms with Crippen LogP contribution in [0.25, 0.3) is 0 Å². The molecule has 2 aliphatic rings. The van der Waals surface area contributed by atoms with Crippen LogP contribution < -0.4 is 10.2 Å². The summed E-state index contributed by atoms with van der Waals surface area (Å²) in [5.41, 5.74) is 1.90. The second-order valence-electron chi connectivity index (χ2n) is 8.55. The Balaban J connectivity index is 1.33. The highest BCUT2D eigenvalue weighted by Crippen LogP contribution is 2.29. The van der Waals surface area contributed by atoms with Crippen LogP contribution >= 0.6 is 11.3 Å². The molecular weight excluding hydrogens is 394 g/mol. The molecule has 1 aromatic heterocycles. The zero-order valence-electron chi connectivity index (χ0n) is 17.7. The van der Waals surface area contributed by atoms with Gasteiger partial charge in [-0.3, -0.25) is 14.5 Å². The predicted molar refractivity (Wildman–Crippen MR) is 122 cm³/mol. The highest BCUT2D eigenvalue weighted by atomic mass is 32.1. The Morgan fingerprint density at radius 3 is 2.57 bits per heavy atom. The lowest BCUT2D eigenvalue weighted by molar-refractivity contribution is -0.120. The normalized spacial score (nSPS) is 19.2. The minimum Gasteiger partial charge on any atom is -0.354 e. The number of nitrogens with one attached hydrogen (secondary N) is 1. The first-order chi connectivity index (χ1) is 14.6. The summed E-state index contributed by atoms with van der Waals surface area (Å²) >= 11 is 1.77. The Hall–Kier alpha value is -2.18. The number of benzene rings is 1. The largest absolute Gasteiger partial charge is 0.354 e. The lowest BCUT2D eigenvalue weighted by Gasteiger charge is -2.36. The SMILES string of the molecule is CC1CCN([C@@H](CNC(=O)Cc2ccc(N3CCCC3=O)cc2)c2cccs2)CC1. The van der Waals surface area contributed by atoms with E-state index in [1.165, 1.54) is 17.7 Å². The van der Waals surface area contributed by atoms with E-state index in [0.717, 1.165) is 43.2 Å². The number of anilines is 1. The third-order valence-electron chi connectivity index (χ3n) is 6.31. The van der Waals surface area contributed by atoms with Crippen molar-refractivity contribution in [2.24, 2.45) is 5.92 Å². The van der Waals surface area contributed by atoms with Crippen molar-refractivity contribution in [2.75, 3.05) is 31.1 Å². The fraction of sp³-hybridized carbons (Fsp3) is 0.500. The van der Waals surface area contributed by atoms with Crippen molar-refractivity contribution in [1.29, 1.82) is 0 Å². The summed E-state index contributed by atoms with van der Waals surface area (Å²) in [6, 6.07) is 12.4. The molecule has 4 rings (SSSR count). The molecular formula is C24H31N3O2S. The first kappa shape index (κ1) is 21.1. The molecule has 0 aliphatic carbocycles. The topological polar surface area (TPSA) is 52.7 Å². The van der Waals surface area contributed by atoms with E-state index >= 15 is 0 Å². The van der Waals surface area contributed by atoms with E-state index < -0.39 is 0 Å². The zero-order chi connectivity index (χ0) is 20.9. The molecule has 0 radical (unpaired) electrons. The molecule has 3 heterocycles. The van der Waals surface area contributed by atoms with Gasteiger partial charge in [-0.2, -0.15) is 0 Å². The van der Waals surface area contributed by atoms with Crippen LogP contribution in [0.5, 0.6) is 0 Å². The highest BCUT2D eigenvalue weighted by Gasteiger charge is 2.26. The third kappa shape index (κ3) is 5.10. The molecule has 1 atom stereocenters. The van der Waals surface area contributed by atoms with Gasteiger partial charge in [-0.15, -0.1) is 11.3 Å². The van der Waals surface area contributed by atoms with E-state index in [4.69, 9.17) is 0 Å². The summed E-state index contributed by atoms with van der Waals surface area (Å²) in [7, 11) is 0. The Labute approximate surface area is 183 Å². The van der Waals surface area contributed by atoms with E-state index in [0.29, 0.717) is 19.4 Å². The smallest absolute Gasteiger partial charge is 0.227 e. The van der Waals surface area contributed by atoms with Gasteiger partial charge in [-0.25, -0.2) is 0 Å². The molecule has 0 bridgehead atoms. The Morgan fingerprint density at radius 1 is 1.17 bits per heavy atom. The summed E-state index contributed by atoms with van der Waals surface area (Å²) in [6.07, 6.45) is 4.36. The molecule has 0 saturated carbocycles. The number of nitrogens with zero attached hydrogens (tertiary/aromatic N) is 2. The second-order valence-corrected chi connectivity index (χ2v) is 9.53. The first-order valence-electron chi connectivity index (χ1n) is 11.0. The number of amides is 2. The van der Waals surface area contributed by atoms with Crippen LogP contribution in [0.1, 0.15) is 49.1 Å². The number of carbonyl (C=O) groups excluding carboxylic acids is 2. The first-order valence-corrected chi connectivity index (χ1v) is 11.9. The zero-order valence-corrected chi connectivity index (χ0v) is 18.5. The fourth-order valence-corrected chi connectivity index (χ4v) is 5.26. The van der Waals surface area contributed by atoms with Gasteiger partial charge in [0.15, 0.2) is 0 Å². The maximum Gasteiger partial charge on any atom is 0.227 e. The molecule has 2 amide bonds. The van der Waals surface area contributed by atoms with Crippen LogP contribution in [-0.4, -0.2) is 42.9 Å². The van der Waals surface area contributed by atoms with Crippen molar-refractivity contribution in [3.05, 3.63) is 52.2 Å². The Kier molecular flexibility index (Phi) is 6.85. The average Bonchev–Trinajstić information content (AvgIpc) is 3.42. The molecule has 6 heteroatoms. The molecule has 1 aromatic carbocycles. The van der Waals surface area contributed by atoms with Crippen molar-refractivity contribution in [1.82, 2.24) is 10.2 Å². The number of likely N-dealkylation sites (tertiary alicyclic amines) is 1. The van der Waals surface area contributed by atoms with Crippen molar-refractivity contribution in [2.45, 2.75) is 45.1 Å². The van der Waals surface area contributed by atoms with Crippen LogP contribution in [0.3, 0.4) is 0 Å². The van der Waals surface area contributed by atoms with Crippen LogP contribution in [0.4, 0.5) is 5.69 Å². The molecule has 1 N–H and O–H groups in total. The van der Waals surface area contributed by atoms with Gasteiger partial charge < -0.3 is 10.2 Å². The highest BCUT2D eigenvalue weighted by molar-refractivity contribution is 7.10. The van der Waals surface area contributed by atoms with E-state index in [-0.39, 0.29) is 17.9 Å². The molecule has 2 saturated heterocycles. The van der Waals surface area contributed by atoms with Crippen LogP contribution in [0.2, 0.25) is 0 Å². The summed E-state index contributed by atoms with van der Waals surface area (Å²) in [5.74, 6) is 1.03. The molecule has 30 heavy (non-hydrogen) atoms. The second kappa shape index (κ2) is 9.75. The molecule has 2 fully saturated rings. The van der Waals surface area contributed by atoms with Crippen LogP contribution in [-0.2, 0) is 16.0 Å². The predicted octanol–water partition coefficient (Wildman–Crippen LogP) is 4.01. The van der Waals surface area contributed by atoms with Crippen molar-refractivity contribution < 1.29 is 9.59 Å². The number of carbonyl (C=O) groups is 2. The quantitative estimate of drug-likeness (QED) is 0.729. The molecule has 160 valence electrons. The van der Waals surface area contributed by atoms with Gasteiger partial charge in [-0.05, 0) is 67.4 Å². The van der Waals surface area contributed by atoms with Gasteiger partial charge in [0.2, 0.25) is 11.8 Å². The molecule has 0 spiro atoms. The van der Waals surface area contributed by atoms with E-state index in [9.17, 15) is 9.59 Å². The summed E-state index contributed by atoms with van der Waals surface area (Å²) in [6.45, 7) is 5.95. The molecule has 0 unspecified atom stereocenters. The maximum atomic E-state index is 12.6. The van der Waals surface area contributed by atoms with Gasteiger partial charge >= 0.3 is 0 Å². The number of rotatable bonds is 7. The minimum absolute atomic E-state index is 0.0481. The summed E-state index contributed by atoms with van der Waals surface area (Å²) in [5, 5.41) is 5.28. The van der Waals surface area contributed by atoms with E-state index in [1.807, 2.05) is 29.2 Å². The molecule has 2 aromatic rings. The number of hydrogen-bond acceptors (Lipinski definition) is 4. The third-order valence-corrected chi connectivity index (χ3v) is 7.28. The lowest BCUT2D eigenvalue weighted by atomic mass is 9.97. The van der Waals surface area contributed by atoms with Crippen molar-refractivity contribution >= 4 is 28.8 Å². The number of thiophene rings is 1. The van der Waals surface area contributed by atoms with Gasteiger partial charge in [0.25, 0.3) is 0 Å².